The molecule has 0 atom stereocenters. The first-order chi connectivity index (χ1) is 7.34. The van der Waals surface area contributed by atoms with Crippen LogP contribution in [-0.4, -0.2) is 19.8 Å². The molecule has 1 aromatic carbocycles. The molecule has 0 fully saturated rings. The van der Waals surface area contributed by atoms with Gasteiger partial charge in [-0.3, -0.25) is 5.10 Å². The summed E-state index contributed by atoms with van der Waals surface area (Å²) in [5.74, 6) is -0.287. The molecule has 0 saturated heterocycles. The van der Waals surface area contributed by atoms with Crippen LogP contribution in [0.3, 0.4) is 0 Å². The maximum atomic E-state index is 13.6. The van der Waals surface area contributed by atoms with E-state index in [9.17, 15) is 4.39 Å². The molecule has 0 spiro atoms. The normalized spacial score (nSPS) is 11.0. The van der Waals surface area contributed by atoms with Crippen LogP contribution in [0.5, 0.6) is 0 Å². The lowest BCUT2D eigenvalue weighted by atomic mass is 10.1. The summed E-state index contributed by atoms with van der Waals surface area (Å²) in [6.45, 7) is 0. The van der Waals surface area contributed by atoms with E-state index < -0.39 is 0 Å². The second-order valence-electron chi connectivity index (χ2n) is 3.07. The molecule has 4 nitrogen and oxygen atoms in total. The molecule has 1 N–H and O–H groups in total. The Morgan fingerprint density at radius 1 is 1.27 bits per heavy atom. The Balaban J connectivity index is 2.29. The highest BCUT2D eigenvalue weighted by Crippen LogP contribution is 2.26. The van der Waals surface area contributed by atoms with Gasteiger partial charge in [-0.05, 0) is 29.2 Å². The van der Waals surface area contributed by atoms with Gasteiger partial charge in [0.15, 0.2) is 0 Å². The predicted octanol–water partition coefficient (Wildman–Crippen LogP) is 2.22. The Labute approximate surface area is 87.9 Å². The van der Waals surface area contributed by atoms with Gasteiger partial charge in [-0.25, -0.2) is 4.39 Å². The molecule has 0 saturated carbocycles. The van der Waals surface area contributed by atoms with Crippen LogP contribution in [0, 0.1) is 5.82 Å². The zero-order valence-electron chi connectivity index (χ0n) is 7.44. The van der Waals surface area contributed by atoms with Crippen LogP contribution >= 0.6 is 11.5 Å². The van der Waals surface area contributed by atoms with E-state index in [1.165, 1.54) is 23.8 Å². The number of H-pyrrole nitrogens is 1. The quantitative estimate of drug-likeness (QED) is 0.684. The van der Waals surface area contributed by atoms with Gasteiger partial charge in [-0.15, -0.1) is 5.10 Å². The number of aromatic amines is 1. The predicted molar refractivity (Wildman–Crippen MR) is 55.0 cm³/mol. The lowest BCUT2D eigenvalue weighted by Gasteiger charge is -1.97. The highest BCUT2D eigenvalue weighted by Gasteiger charge is 2.08. The molecule has 0 unspecified atom stereocenters. The lowest BCUT2D eigenvalue weighted by Crippen LogP contribution is -1.79. The topological polar surface area (TPSA) is 54.5 Å². The third-order valence-corrected chi connectivity index (χ3v) is 2.87. The van der Waals surface area contributed by atoms with Crippen molar-refractivity contribution >= 4 is 22.4 Å². The molecule has 3 rings (SSSR count). The summed E-state index contributed by atoms with van der Waals surface area (Å²) < 4.78 is 17.3. The van der Waals surface area contributed by atoms with Crippen LogP contribution in [0.25, 0.3) is 21.3 Å². The SMILES string of the molecule is Fc1cc(-c2cnns2)cc2[nH]ncc12. The average Bonchev–Trinajstić information content (AvgIpc) is 2.88. The van der Waals surface area contributed by atoms with Crippen molar-refractivity contribution in [2.24, 2.45) is 0 Å². The maximum absolute atomic E-state index is 13.6. The summed E-state index contributed by atoms with van der Waals surface area (Å²) in [5.41, 5.74) is 1.44. The smallest absolute Gasteiger partial charge is 0.134 e. The van der Waals surface area contributed by atoms with E-state index >= 15 is 0 Å². The van der Waals surface area contributed by atoms with Gasteiger partial charge in [0, 0.05) is 0 Å². The Morgan fingerprint density at radius 2 is 2.20 bits per heavy atom. The number of hydrogen-bond donors (Lipinski definition) is 1. The summed E-state index contributed by atoms with van der Waals surface area (Å²) in [5, 5.41) is 10.7. The van der Waals surface area contributed by atoms with Gasteiger partial charge < -0.3 is 0 Å². The second kappa shape index (κ2) is 3.09. The molecular weight excluding hydrogens is 215 g/mol. The fraction of sp³-hybridized carbons (Fsp3) is 0. The molecule has 0 bridgehead atoms. The number of halogens is 1. The van der Waals surface area contributed by atoms with Crippen LogP contribution < -0.4 is 0 Å². The van der Waals surface area contributed by atoms with Gasteiger partial charge in [-0.2, -0.15) is 5.10 Å². The summed E-state index contributed by atoms with van der Waals surface area (Å²) in [4.78, 5) is 0.838. The number of aromatic nitrogens is 4. The van der Waals surface area contributed by atoms with E-state index in [4.69, 9.17) is 0 Å². The summed E-state index contributed by atoms with van der Waals surface area (Å²) >= 11 is 1.23. The van der Waals surface area contributed by atoms with Crippen LogP contribution in [0.1, 0.15) is 0 Å². The van der Waals surface area contributed by atoms with Crippen LogP contribution in [-0.2, 0) is 0 Å². The lowest BCUT2D eigenvalue weighted by molar-refractivity contribution is 0.640. The molecule has 0 aliphatic heterocycles. The monoisotopic (exact) mass is 220 g/mol. The van der Waals surface area contributed by atoms with E-state index in [2.05, 4.69) is 19.8 Å². The molecule has 3 aromatic rings. The average molecular weight is 220 g/mol. The van der Waals surface area contributed by atoms with Gasteiger partial charge in [-0.1, -0.05) is 4.49 Å². The third-order valence-electron chi connectivity index (χ3n) is 2.15. The van der Waals surface area contributed by atoms with Gasteiger partial charge >= 0.3 is 0 Å². The van der Waals surface area contributed by atoms with Crippen LogP contribution in [0.15, 0.2) is 24.5 Å². The number of fused-ring (bicyclic) bond motifs is 1. The minimum Gasteiger partial charge on any atom is -0.278 e. The summed E-state index contributed by atoms with van der Waals surface area (Å²) in [6.07, 6.45) is 3.08. The van der Waals surface area contributed by atoms with E-state index in [1.54, 1.807) is 6.20 Å². The molecule has 74 valence electrons. The zero-order valence-corrected chi connectivity index (χ0v) is 8.25. The molecule has 6 heteroatoms. The zero-order chi connectivity index (χ0) is 10.3. The van der Waals surface area contributed by atoms with Crippen molar-refractivity contribution in [3.8, 4) is 10.4 Å². The molecule has 15 heavy (non-hydrogen) atoms. The van der Waals surface area contributed by atoms with E-state index in [-0.39, 0.29) is 5.82 Å². The fourth-order valence-corrected chi connectivity index (χ4v) is 1.94. The van der Waals surface area contributed by atoms with Crippen molar-refractivity contribution in [2.75, 3.05) is 0 Å². The van der Waals surface area contributed by atoms with Crippen molar-refractivity contribution in [1.82, 2.24) is 19.8 Å². The first kappa shape index (κ1) is 8.49. The summed E-state index contributed by atoms with van der Waals surface area (Å²) in [7, 11) is 0. The summed E-state index contributed by atoms with van der Waals surface area (Å²) in [6, 6.07) is 3.30. The first-order valence-electron chi connectivity index (χ1n) is 4.25. The van der Waals surface area contributed by atoms with Gasteiger partial charge in [0.05, 0.1) is 28.2 Å². The largest absolute Gasteiger partial charge is 0.278 e. The number of nitrogens with one attached hydrogen (secondary N) is 1. The van der Waals surface area contributed by atoms with E-state index in [0.717, 1.165) is 10.4 Å². The second-order valence-corrected chi connectivity index (χ2v) is 3.86. The fourth-order valence-electron chi connectivity index (χ4n) is 1.44. The van der Waals surface area contributed by atoms with Crippen molar-refractivity contribution in [3.05, 3.63) is 30.3 Å². The Hall–Kier alpha value is -1.82. The van der Waals surface area contributed by atoms with Crippen molar-refractivity contribution in [3.63, 3.8) is 0 Å². The van der Waals surface area contributed by atoms with E-state index in [1.807, 2.05) is 6.07 Å². The molecule has 2 aromatic heterocycles. The number of benzene rings is 1. The maximum Gasteiger partial charge on any atom is 0.134 e. The standard InChI is InChI=1S/C9H5FN4S/c10-7-1-5(9-4-12-14-15-9)2-8-6(7)3-11-13-8/h1-4H,(H,11,13). The minimum atomic E-state index is -0.287. The highest BCUT2D eigenvalue weighted by molar-refractivity contribution is 7.09. The molecule has 0 aliphatic carbocycles. The third kappa shape index (κ3) is 1.30. The van der Waals surface area contributed by atoms with Gasteiger partial charge in [0.1, 0.15) is 5.82 Å². The molecule has 2 heterocycles. The molecular formula is C9H5FN4S. The Bertz CT molecular complexity index is 602. The number of nitrogens with zero attached hydrogens (tertiary/aromatic N) is 3. The molecule has 0 amide bonds. The molecule has 0 aliphatic rings. The van der Waals surface area contributed by atoms with Crippen LogP contribution in [0.2, 0.25) is 0 Å². The number of hydrogen-bond acceptors (Lipinski definition) is 4. The molecule has 0 radical (unpaired) electrons. The van der Waals surface area contributed by atoms with Gasteiger partial charge in [0.2, 0.25) is 0 Å². The van der Waals surface area contributed by atoms with E-state index in [0.29, 0.717) is 10.9 Å². The Morgan fingerprint density at radius 3 is 3.00 bits per heavy atom. The van der Waals surface area contributed by atoms with Gasteiger partial charge in [0.25, 0.3) is 0 Å². The van der Waals surface area contributed by atoms with Crippen LogP contribution in [0.4, 0.5) is 4.39 Å². The van der Waals surface area contributed by atoms with Crippen molar-refractivity contribution < 1.29 is 4.39 Å². The van der Waals surface area contributed by atoms with Crippen molar-refractivity contribution in [1.29, 1.82) is 0 Å². The van der Waals surface area contributed by atoms with Crippen molar-refractivity contribution in [2.45, 2.75) is 0 Å². The highest BCUT2D eigenvalue weighted by atomic mass is 32.1. The minimum absolute atomic E-state index is 0.287. The Kier molecular flexibility index (Phi) is 1.75. The first-order valence-corrected chi connectivity index (χ1v) is 5.02. The number of rotatable bonds is 1.